The van der Waals surface area contributed by atoms with Gasteiger partial charge >= 0.3 is 0 Å². The van der Waals surface area contributed by atoms with Crippen molar-refractivity contribution < 1.29 is 19.7 Å². The SMILES string of the molecule is Cc1c2ccccc2c(CO)c2c(F)cc3c(c12)C=C[C@H](O)[C@H]3O. The molecule has 3 aromatic carbocycles. The van der Waals surface area contributed by atoms with Crippen molar-refractivity contribution in [3.05, 3.63) is 64.5 Å². The van der Waals surface area contributed by atoms with E-state index >= 15 is 0 Å². The highest BCUT2D eigenvalue weighted by Crippen LogP contribution is 2.41. The number of hydrogen-bond donors (Lipinski definition) is 3. The van der Waals surface area contributed by atoms with Crippen molar-refractivity contribution in [3.63, 3.8) is 0 Å². The minimum atomic E-state index is -1.16. The fourth-order valence-corrected chi connectivity index (χ4v) is 3.78. The largest absolute Gasteiger partial charge is 0.392 e. The lowest BCUT2D eigenvalue weighted by Gasteiger charge is -2.25. The molecule has 0 aromatic heterocycles. The zero-order chi connectivity index (χ0) is 17.0. The van der Waals surface area contributed by atoms with Gasteiger partial charge in [0.1, 0.15) is 18.0 Å². The average Bonchev–Trinajstić information content (AvgIpc) is 2.59. The standard InChI is InChI=1S/C20H17FO3/c1-10-11-4-2-3-5-12(11)15(9-22)19-16(21)8-14-13(18(10)19)6-7-17(23)20(14)24/h2-8,17,20,22-24H,9H2,1H3/t17-,20-/m0/s1. The van der Waals surface area contributed by atoms with Gasteiger partial charge in [-0.3, -0.25) is 0 Å². The molecule has 3 nitrogen and oxygen atoms in total. The van der Waals surface area contributed by atoms with Crippen LogP contribution in [0.1, 0.15) is 28.4 Å². The van der Waals surface area contributed by atoms with Gasteiger partial charge < -0.3 is 15.3 Å². The third kappa shape index (κ3) is 1.94. The summed E-state index contributed by atoms with van der Waals surface area (Å²) in [7, 11) is 0. The van der Waals surface area contributed by atoms with Crippen molar-refractivity contribution in [2.24, 2.45) is 0 Å². The first kappa shape index (κ1) is 15.3. The first-order valence-corrected chi connectivity index (χ1v) is 7.86. The van der Waals surface area contributed by atoms with Gasteiger partial charge in [0.2, 0.25) is 0 Å². The topological polar surface area (TPSA) is 60.7 Å². The molecule has 0 fully saturated rings. The summed E-state index contributed by atoms with van der Waals surface area (Å²) in [6.07, 6.45) is 1.02. The van der Waals surface area contributed by atoms with Gasteiger partial charge in [0.25, 0.3) is 0 Å². The van der Waals surface area contributed by atoms with Gasteiger partial charge in [-0.15, -0.1) is 0 Å². The van der Waals surface area contributed by atoms with E-state index < -0.39 is 18.0 Å². The summed E-state index contributed by atoms with van der Waals surface area (Å²) in [5.74, 6) is -0.497. The highest BCUT2D eigenvalue weighted by Gasteiger charge is 2.27. The molecule has 1 aliphatic rings. The summed E-state index contributed by atoms with van der Waals surface area (Å²) in [6.45, 7) is 1.64. The number of aliphatic hydroxyl groups is 3. The zero-order valence-electron chi connectivity index (χ0n) is 13.1. The Hall–Kier alpha value is -2.27. The van der Waals surface area contributed by atoms with E-state index in [1.165, 1.54) is 12.1 Å². The van der Waals surface area contributed by atoms with Crippen molar-refractivity contribution in [3.8, 4) is 0 Å². The van der Waals surface area contributed by atoms with E-state index in [0.29, 0.717) is 27.5 Å². The Bertz CT molecular complexity index is 1010. The summed E-state index contributed by atoms with van der Waals surface area (Å²) < 4.78 is 14.9. The minimum Gasteiger partial charge on any atom is -0.392 e. The van der Waals surface area contributed by atoms with Crippen LogP contribution in [0.5, 0.6) is 0 Å². The molecule has 3 aromatic rings. The number of aliphatic hydroxyl groups excluding tert-OH is 3. The molecular formula is C20H17FO3. The Morgan fingerprint density at radius 2 is 1.79 bits per heavy atom. The molecule has 0 bridgehead atoms. The summed E-state index contributed by atoms with van der Waals surface area (Å²) in [4.78, 5) is 0. The highest BCUT2D eigenvalue weighted by molar-refractivity contribution is 6.09. The van der Waals surface area contributed by atoms with Gasteiger partial charge in [-0.25, -0.2) is 4.39 Å². The zero-order valence-corrected chi connectivity index (χ0v) is 13.1. The molecule has 1 aliphatic carbocycles. The molecule has 4 heteroatoms. The van der Waals surface area contributed by atoms with Crippen LogP contribution in [0.2, 0.25) is 0 Å². The number of rotatable bonds is 1. The van der Waals surface area contributed by atoms with Crippen LogP contribution < -0.4 is 0 Å². The maximum Gasteiger partial charge on any atom is 0.131 e. The van der Waals surface area contributed by atoms with Gasteiger partial charge in [0.05, 0.1) is 6.61 Å². The van der Waals surface area contributed by atoms with Crippen LogP contribution in [-0.4, -0.2) is 21.4 Å². The van der Waals surface area contributed by atoms with Crippen LogP contribution in [0.3, 0.4) is 0 Å². The summed E-state index contributed by atoms with van der Waals surface area (Å²) in [5.41, 5.74) is 2.50. The third-order valence-electron chi connectivity index (χ3n) is 4.94. The number of hydrogen-bond acceptors (Lipinski definition) is 3. The molecule has 122 valence electrons. The third-order valence-corrected chi connectivity index (χ3v) is 4.94. The molecule has 0 aliphatic heterocycles. The lowest BCUT2D eigenvalue weighted by atomic mass is 9.83. The molecule has 3 N–H and O–H groups in total. The summed E-state index contributed by atoms with van der Waals surface area (Å²) in [6, 6.07) is 8.85. The first-order valence-electron chi connectivity index (χ1n) is 7.86. The molecular weight excluding hydrogens is 307 g/mol. The maximum atomic E-state index is 14.9. The maximum absolute atomic E-state index is 14.9. The van der Waals surface area contributed by atoms with Gasteiger partial charge in [-0.05, 0) is 51.4 Å². The van der Waals surface area contributed by atoms with Crippen LogP contribution in [-0.2, 0) is 6.61 Å². The summed E-state index contributed by atoms with van der Waals surface area (Å²) in [5, 5.41) is 32.7. The van der Waals surface area contributed by atoms with Crippen molar-refractivity contribution in [1.82, 2.24) is 0 Å². The van der Waals surface area contributed by atoms with Crippen molar-refractivity contribution in [1.29, 1.82) is 0 Å². The molecule has 0 radical (unpaired) electrons. The number of fused-ring (bicyclic) bond motifs is 4. The van der Waals surface area contributed by atoms with Crippen LogP contribution in [0.4, 0.5) is 4.39 Å². The quantitative estimate of drug-likeness (QED) is 0.602. The predicted molar refractivity (Wildman–Crippen MR) is 92.1 cm³/mol. The van der Waals surface area contributed by atoms with Crippen LogP contribution in [0.15, 0.2) is 36.4 Å². The highest BCUT2D eigenvalue weighted by atomic mass is 19.1. The molecule has 0 amide bonds. The van der Waals surface area contributed by atoms with Gasteiger partial charge in [-0.1, -0.05) is 36.4 Å². The van der Waals surface area contributed by atoms with Gasteiger partial charge in [-0.2, -0.15) is 0 Å². The average molecular weight is 324 g/mol. The molecule has 24 heavy (non-hydrogen) atoms. The van der Waals surface area contributed by atoms with Crippen molar-refractivity contribution in [2.45, 2.75) is 25.7 Å². The first-order chi connectivity index (χ1) is 11.5. The van der Waals surface area contributed by atoms with Crippen molar-refractivity contribution >= 4 is 27.6 Å². The Balaban J connectivity index is 2.27. The second-order valence-electron chi connectivity index (χ2n) is 6.21. The molecule has 0 saturated heterocycles. The van der Waals surface area contributed by atoms with Gasteiger partial charge in [0, 0.05) is 5.39 Å². The molecule has 4 rings (SSSR count). The minimum absolute atomic E-state index is 0.276. The lowest BCUT2D eigenvalue weighted by molar-refractivity contribution is 0.0469. The Morgan fingerprint density at radius 3 is 2.50 bits per heavy atom. The van der Waals surface area contributed by atoms with E-state index in [-0.39, 0.29) is 6.61 Å². The van der Waals surface area contributed by atoms with E-state index in [2.05, 4.69) is 0 Å². The van der Waals surface area contributed by atoms with E-state index in [0.717, 1.165) is 16.3 Å². The Labute approximate surface area is 138 Å². The van der Waals surface area contributed by atoms with Crippen LogP contribution >= 0.6 is 0 Å². The lowest BCUT2D eigenvalue weighted by Crippen LogP contribution is -2.20. The van der Waals surface area contributed by atoms with E-state index in [1.54, 1.807) is 6.08 Å². The molecule has 0 saturated carbocycles. The Morgan fingerprint density at radius 1 is 1.08 bits per heavy atom. The number of halogens is 1. The fraction of sp³-hybridized carbons (Fsp3) is 0.200. The molecule has 0 heterocycles. The van der Waals surface area contributed by atoms with Crippen molar-refractivity contribution in [2.75, 3.05) is 0 Å². The molecule has 2 atom stereocenters. The predicted octanol–water partition coefficient (Wildman–Crippen LogP) is 3.35. The van der Waals surface area contributed by atoms with Crippen LogP contribution in [0.25, 0.3) is 27.6 Å². The second kappa shape index (κ2) is 5.38. The van der Waals surface area contributed by atoms with E-state index in [4.69, 9.17) is 0 Å². The molecule has 0 unspecified atom stereocenters. The van der Waals surface area contributed by atoms with Gasteiger partial charge in [0.15, 0.2) is 0 Å². The van der Waals surface area contributed by atoms with E-state index in [1.807, 2.05) is 31.2 Å². The normalized spacial score (nSPS) is 19.9. The number of aryl methyl sites for hydroxylation is 1. The van der Waals surface area contributed by atoms with Crippen LogP contribution in [0, 0.1) is 12.7 Å². The summed E-state index contributed by atoms with van der Waals surface area (Å²) >= 11 is 0. The Kier molecular flexibility index (Phi) is 3.42. The fourth-order valence-electron chi connectivity index (χ4n) is 3.78. The smallest absolute Gasteiger partial charge is 0.131 e. The van der Waals surface area contributed by atoms with E-state index in [9.17, 15) is 19.7 Å². The monoisotopic (exact) mass is 324 g/mol. The second-order valence-corrected chi connectivity index (χ2v) is 6.21. The molecule has 0 spiro atoms. The number of benzene rings is 3.